The molecule has 1 aliphatic heterocycles. The van der Waals surface area contributed by atoms with Gasteiger partial charge in [-0.3, -0.25) is 9.89 Å². The van der Waals surface area contributed by atoms with Crippen LogP contribution < -0.4 is 16.0 Å². The molecule has 0 radical (unpaired) electrons. The van der Waals surface area contributed by atoms with E-state index in [2.05, 4.69) is 39.2 Å². The van der Waals surface area contributed by atoms with Gasteiger partial charge in [0.15, 0.2) is 0 Å². The molecular formula is C19H27N7O2. The van der Waals surface area contributed by atoms with Gasteiger partial charge < -0.3 is 21.1 Å². The lowest BCUT2D eigenvalue weighted by Gasteiger charge is -2.37. The summed E-state index contributed by atoms with van der Waals surface area (Å²) >= 11 is 0. The number of aliphatic hydroxyl groups excluding tert-OH is 1. The number of nitrogens with one attached hydrogen (secondary N) is 2. The quantitative estimate of drug-likeness (QED) is 0.623. The van der Waals surface area contributed by atoms with Gasteiger partial charge in [-0.15, -0.1) is 0 Å². The maximum Gasteiger partial charge on any atom is 0.269 e. The molecule has 0 unspecified atom stereocenters. The van der Waals surface area contributed by atoms with Crippen molar-refractivity contribution >= 4 is 17.7 Å². The first-order valence-electron chi connectivity index (χ1n) is 9.71. The largest absolute Gasteiger partial charge is 0.393 e. The second-order valence-corrected chi connectivity index (χ2v) is 8.57. The number of aliphatic hydroxyl groups is 1. The van der Waals surface area contributed by atoms with Gasteiger partial charge in [-0.25, -0.2) is 9.97 Å². The molecule has 1 fully saturated rings. The zero-order valence-corrected chi connectivity index (χ0v) is 16.3. The van der Waals surface area contributed by atoms with Crippen LogP contribution in [0, 0.1) is 5.41 Å². The Morgan fingerprint density at radius 1 is 1.39 bits per heavy atom. The number of fused-ring (bicyclic) bond motifs is 1. The van der Waals surface area contributed by atoms with Gasteiger partial charge in [-0.2, -0.15) is 5.10 Å². The molecule has 28 heavy (non-hydrogen) atoms. The van der Waals surface area contributed by atoms with Gasteiger partial charge in [-0.1, -0.05) is 13.8 Å². The number of piperidine rings is 1. The molecule has 1 amide bonds. The third-order valence-corrected chi connectivity index (χ3v) is 5.56. The van der Waals surface area contributed by atoms with Crippen LogP contribution in [-0.2, 0) is 6.42 Å². The van der Waals surface area contributed by atoms with E-state index in [1.54, 1.807) is 0 Å². The number of H-pyrrole nitrogens is 1. The lowest BCUT2D eigenvalue weighted by molar-refractivity contribution is 0.0914. The van der Waals surface area contributed by atoms with Gasteiger partial charge in [0.1, 0.15) is 11.5 Å². The molecule has 0 saturated carbocycles. The Bertz CT molecular complexity index is 871. The summed E-state index contributed by atoms with van der Waals surface area (Å²) in [5, 5.41) is 19.3. The summed E-state index contributed by atoms with van der Waals surface area (Å²) in [5.74, 6) is 0.746. The van der Waals surface area contributed by atoms with Crippen molar-refractivity contribution in [1.82, 2.24) is 25.5 Å². The number of nitrogen functional groups attached to an aromatic ring is 1. The fourth-order valence-corrected chi connectivity index (χ4v) is 4.07. The van der Waals surface area contributed by atoms with Gasteiger partial charge in [0.05, 0.1) is 17.8 Å². The van der Waals surface area contributed by atoms with Crippen LogP contribution in [0.3, 0.4) is 0 Å². The van der Waals surface area contributed by atoms with Crippen LogP contribution in [0.5, 0.6) is 0 Å². The monoisotopic (exact) mass is 385 g/mol. The van der Waals surface area contributed by atoms with E-state index in [-0.39, 0.29) is 29.3 Å². The highest BCUT2D eigenvalue weighted by Gasteiger charge is 2.35. The number of carbonyl (C=O) groups is 1. The number of nitrogens with zero attached hydrogens (tertiary/aromatic N) is 4. The van der Waals surface area contributed by atoms with Crippen LogP contribution in [0.4, 0.5) is 11.8 Å². The van der Waals surface area contributed by atoms with Gasteiger partial charge in [-0.05, 0) is 31.1 Å². The van der Waals surface area contributed by atoms with Crippen molar-refractivity contribution in [1.29, 1.82) is 0 Å². The van der Waals surface area contributed by atoms with Crippen molar-refractivity contribution in [3.05, 3.63) is 29.2 Å². The first-order chi connectivity index (χ1) is 13.3. The smallest absolute Gasteiger partial charge is 0.269 e. The molecule has 150 valence electrons. The third kappa shape index (κ3) is 3.80. The maximum absolute atomic E-state index is 12.6. The molecule has 2 aliphatic rings. The minimum Gasteiger partial charge on any atom is -0.393 e. The number of hydrogen-bond acceptors (Lipinski definition) is 7. The summed E-state index contributed by atoms with van der Waals surface area (Å²) < 4.78 is 0. The Morgan fingerprint density at radius 3 is 2.82 bits per heavy atom. The Hall–Kier alpha value is -2.68. The molecular weight excluding hydrogens is 358 g/mol. The summed E-state index contributed by atoms with van der Waals surface area (Å²) in [6.07, 6.45) is 4.70. The molecule has 5 N–H and O–H groups in total. The lowest BCUT2D eigenvalue weighted by Crippen LogP contribution is -2.39. The minimum absolute atomic E-state index is 0.00166. The summed E-state index contributed by atoms with van der Waals surface area (Å²) in [7, 11) is 0. The Kier molecular flexibility index (Phi) is 4.70. The molecule has 1 saturated heterocycles. The number of hydrogen-bond donors (Lipinski definition) is 4. The number of anilines is 2. The van der Waals surface area contributed by atoms with Crippen LogP contribution in [0.15, 0.2) is 12.3 Å². The SMILES string of the molecule is CC1(C)Cc2nc(N3CCC(O)CC3)ncc2[C@H](NC(=O)c2cc(N)n[nH]2)C1. The standard InChI is InChI=1S/C19H27N7O2/c1-19(2)8-14(22-17(28)13-7-16(20)25-24-13)12-10-21-18(23-15(12)9-19)26-5-3-11(27)4-6-26/h7,10-11,14,27H,3-6,8-9H2,1-2H3,(H,22,28)(H3,20,24,25)/t14-/m1/s1. The molecule has 3 heterocycles. The molecule has 4 rings (SSSR count). The molecule has 2 aromatic heterocycles. The van der Waals surface area contributed by atoms with Crippen molar-refractivity contribution in [2.45, 2.75) is 51.7 Å². The Labute approximate surface area is 163 Å². The van der Waals surface area contributed by atoms with Crippen molar-refractivity contribution in [2.24, 2.45) is 5.41 Å². The van der Waals surface area contributed by atoms with Crippen LogP contribution in [0.2, 0.25) is 0 Å². The van der Waals surface area contributed by atoms with Crippen LogP contribution in [-0.4, -0.2) is 50.4 Å². The van der Waals surface area contributed by atoms with E-state index in [0.717, 1.165) is 50.0 Å². The number of aromatic nitrogens is 4. The second-order valence-electron chi connectivity index (χ2n) is 8.57. The topological polar surface area (TPSA) is 133 Å². The first-order valence-corrected chi connectivity index (χ1v) is 9.71. The lowest BCUT2D eigenvalue weighted by atomic mass is 9.74. The summed E-state index contributed by atoms with van der Waals surface area (Å²) in [6.45, 7) is 5.88. The maximum atomic E-state index is 12.6. The normalized spacial score (nSPS) is 22.0. The van der Waals surface area contributed by atoms with E-state index in [1.807, 2.05) is 6.20 Å². The Balaban J connectivity index is 1.58. The third-order valence-electron chi connectivity index (χ3n) is 5.56. The fourth-order valence-electron chi connectivity index (χ4n) is 4.07. The first kappa shape index (κ1) is 18.7. The van der Waals surface area contributed by atoms with Crippen LogP contribution in [0.25, 0.3) is 0 Å². The zero-order chi connectivity index (χ0) is 19.9. The molecule has 1 aliphatic carbocycles. The predicted octanol–water partition coefficient (Wildman–Crippen LogP) is 1.19. The van der Waals surface area contributed by atoms with E-state index in [1.165, 1.54) is 6.07 Å². The number of amides is 1. The van der Waals surface area contributed by atoms with E-state index in [0.29, 0.717) is 11.6 Å². The summed E-state index contributed by atoms with van der Waals surface area (Å²) in [4.78, 5) is 24.1. The number of aromatic amines is 1. The number of rotatable bonds is 3. The van der Waals surface area contributed by atoms with Crippen LogP contribution >= 0.6 is 0 Å². The second kappa shape index (κ2) is 7.05. The van der Waals surface area contributed by atoms with Gasteiger partial charge in [0.25, 0.3) is 5.91 Å². The highest BCUT2D eigenvalue weighted by molar-refractivity contribution is 5.93. The zero-order valence-electron chi connectivity index (χ0n) is 16.3. The Morgan fingerprint density at radius 2 is 2.14 bits per heavy atom. The van der Waals surface area contributed by atoms with Crippen molar-refractivity contribution in [3.63, 3.8) is 0 Å². The predicted molar refractivity (Wildman–Crippen MR) is 105 cm³/mol. The van der Waals surface area contributed by atoms with Crippen molar-refractivity contribution in [3.8, 4) is 0 Å². The summed E-state index contributed by atoms with van der Waals surface area (Å²) in [6, 6.07) is 1.35. The molecule has 1 atom stereocenters. The van der Waals surface area contributed by atoms with E-state index in [4.69, 9.17) is 10.7 Å². The van der Waals surface area contributed by atoms with Gasteiger partial charge in [0.2, 0.25) is 5.95 Å². The van der Waals surface area contributed by atoms with Crippen molar-refractivity contribution in [2.75, 3.05) is 23.7 Å². The molecule has 9 heteroatoms. The molecule has 9 nitrogen and oxygen atoms in total. The highest BCUT2D eigenvalue weighted by atomic mass is 16.3. The molecule has 0 aromatic carbocycles. The molecule has 0 spiro atoms. The summed E-state index contributed by atoms with van der Waals surface area (Å²) in [5.41, 5.74) is 7.88. The number of nitrogens with two attached hydrogens (primary N) is 1. The fraction of sp³-hybridized carbons (Fsp3) is 0.579. The average molecular weight is 385 g/mol. The van der Waals surface area contributed by atoms with E-state index in [9.17, 15) is 9.90 Å². The highest BCUT2D eigenvalue weighted by Crippen LogP contribution is 2.40. The van der Waals surface area contributed by atoms with Crippen molar-refractivity contribution < 1.29 is 9.90 Å². The average Bonchev–Trinajstić information content (AvgIpc) is 3.07. The minimum atomic E-state index is -0.244. The number of carbonyl (C=O) groups excluding carboxylic acids is 1. The van der Waals surface area contributed by atoms with Gasteiger partial charge in [0, 0.05) is 30.9 Å². The van der Waals surface area contributed by atoms with Gasteiger partial charge >= 0.3 is 0 Å². The van der Waals surface area contributed by atoms with Crippen LogP contribution in [0.1, 0.15) is 60.9 Å². The molecule has 0 bridgehead atoms. The van der Waals surface area contributed by atoms with E-state index >= 15 is 0 Å². The van der Waals surface area contributed by atoms with E-state index < -0.39 is 0 Å². The molecule has 2 aromatic rings.